The number of fused-ring (bicyclic) bond motifs is 1. The molecule has 1 aliphatic carbocycles. The fourth-order valence-electron chi connectivity index (χ4n) is 5.24. The van der Waals surface area contributed by atoms with Crippen LogP contribution in [0.25, 0.3) is 0 Å². The Morgan fingerprint density at radius 1 is 1.32 bits per heavy atom. The van der Waals surface area contributed by atoms with Crippen LogP contribution in [0.5, 0.6) is 5.75 Å². The van der Waals surface area contributed by atoms with Gasteiger partial charge in [-0.1, -0.05) is 71.0 Å². The summed E-state index contributed by atoms with van der Waals surface area (Å²) in [5, 5.41) is 23.0. The van der Waals surface area contributed by atoms with Crippen LogP contribution < -0.4 is 10.1 Å². The van der Waals surface area contributed by atoms with Crippen molar-refractivity contribution in [1.29, 1.82) is 5.26 Å². The highest BCUT2D eigenvalue weighted by molar-refractivity contribution is 7.99. The molecule has 0 spiro atoms. The fraction of sp³-hybridized carbons (Fsp3) is 0.500. The summed E-state index contributed by atoms with van der Waals surface area (Å²) in [6.45, 7) is 17.5. The van der Waals surface area contributed by atoms with Gasteiger partial charge in [0.05, 0.1) is 11.3 Å². The summed E-state index contributed by atoms with van der Waals surface area (Å²) in [4.78, 5) is 14.3. The number of hydrogen-bond acceptors (Lipinski definition) is 7. The maximum atomic E-state index is 13.0. The molecule has 9 heteroatoms. The smallest absolute Gasteiger partial charge is 0.235 e. The van der Waals surface area contributed by atoms with Crippen LogP contribution in [-0.2, 0) is 24.2 Å². The van der Waals surface area contributed by atoms with Gasteiger partial charge in [-0.15, -0.1) is 28.1 Å². The molecule has 1 aromatic carbocycles. The molecule has 0 saturated heterocycles. The lowest BCUT2D eigenvalue weighted by molar-refractivity contribution is -0.113. The highest BCUT2D eigenvalue weighted by Crippen LogP contribution is 2.45. The molecule has 3 aromatic rings. The first-order chi connectivity index (χ1) is 19.6. The Labute approximate surface area is 252 Å². The molecule has 1 aliphatic rings. The molecule has 4 rings (SSSR count). The van der Waals surface area contributed by atoms with Crippen LogP contribution in [0.1, 0.15) is 93.8 Å². The van der Waals surface area contributed by atoms with Crippen LogP contribution in [-0.4, -0.2) is 26.4 Å². The molecular weight excluding hydrogens is 551 g/mol. The van der Waals surface area contributed by atoms with Crippen molar-refractivity contribution in [2.24, 2.45) is 11.3 Å². The third-order valence-corrected chi connectivity index (χ3v) is 10.4. The number of hydrogen-bond donors (Lipinski definition) is 1. The lowest BCUT2D eigenvalue weighted by Crippen LogP contribution is -2.28. The van der Waals surface area contributed by atoms with Gasteiger partial charge < -0.3 is 10.1 Å². The number of aromatic nitrogens is 3. The van der Waals surface area contributed by atoms with E-state index in [1.54, 1.807) is 17.4 Å². The normalized spacial score (nSPS) is 15.7. The van der Waals surface area contributed by atoms with Gasteiger partial charge in [0.2, 0.25) is 5.91 Å². The van der Waals surface area contributed by atoms with Gasteiger partial charge >= 0.3 is 0 Å². The number of nitriles is 1. The lowest BCUT2D eigenvalue weighted by Gasteiger charge is -2.36. The zero-order chi connectivity index (χ0) is 29.7. The summed E-state index contributed by atoms with van der Waals surface area (Å²) in [5.41, 5.74) is 3.26. The summed E-state index contributed by atoms with van der Waals surface area (Å²) in [5.74, 6) is 2.46. The average molecular weight is 592 g/mol. The van der Waals surface area contributed by atoms with Crippen molar-refractivity contribution in [1.82, 2.24) is 14.8 Å². The number of allylic oxidation sites excluding steroid dienone is 1. The fourth-order valence-corrected chi connectivity index (χ4v) is 7.29. The average Bonchev–Trinajstić information content (AvgIpc) is 3.52. The summed E-state index contributed by atoms with van der Waals surface area (Å²) in [7, 11) is 0. The van der Waals surface area contributed by atoms with Gasteiger partial charge in [0.1, 0.15) is 16.8 Å². The molecule has 2 aromatic heterocycles. The Morgan fingerprint density at radius 3 is 2.68 bits per heavy atom. The van der Waals surface area contributed by atoms with Crippen molar-refractivity contribution >= 4 is 34.0 Å². The highest BCUT2D eigenvalue weighted by Gasteiger charge is 2.34. The Morgan fingerprint density at radius 2 is 2.05 bits per heavy atom. The van der Waals surface area contributed by atoms with Gasteiger partial charge in [-0.05, 0) is 66.7 Å². The maximum absolute atomic E-state index is 13.0. The van der Waals surface area contributed by atoms with Crippen LogP contribution in [0.3, 0.4) is 0 Å². The van der Waals surface area contributed by atoms with E-state index >= 15 is 0 Å². The molecule has 1 amide bonds. The molecule has 0 radical (unpaired) electrons. The van der Waals surface area contributed by atoms with E-state index in [2.05, 4.69) is 74.9 Å². The molecular formula is C32H41N5O2S2. The van der Waals surface area contributed by atoms with Crippen LogP contribution in [0.15, 0.2) is 42.1 Å². The second-order valence-corrected chi connectivity index (χ2v) is 13.7. The standard InChI is InChI=1S/C32H41N5O2S2/c1-8-16-37-29(21(5)39-24-13-10-22(11-14-24)20(3)4)35-36-31(37)40-19-28(38)34-30-26(18-33)25-15-12-23(17-27(25)41-30)32(6,7)9-2/h8,10-11,13-14,20-21,23H,1,9,12,15-17,19H2,2-7H3,(H,34,38). The minimum absolute atomic E-state index is 0.153. The van der Waals surface area contributed by atoms with Crippen molar-refractivity contribution in [3.63, 3.8) is 0 Å². The molecule has 7 nitrogen and oxygen atoms in total. The number of ether oxygens (including phenoxy) is 1. The van der Waals surface area contributed by atoms with Crippen molar-refractivity contribution in [2.75, 3.05) is 11.1 Å². The first kappa shape index (κ1) is 30.9. The second-order valence-electron chi connectivity index (χ2n) is 11.7. The highest BCUT2D eigenvalue weighted by atomic mass is 32.2. The number of nitrogens with one attached hydrogen (secondary N) is 1. The van der Waals surface area contributed by atoms with Gasteiger partial charge in [-0.3, -0.25) is 9.36 Å². The largest absolute Gasteiger partial charge is 0.483 e. The predicted octanol–water partition coefficient (Wildman–Crippen LogP) is 7.93. The van der Waals surface area contributed by atoms with Gasteiger partial charge in [-0.25, -0.2) is 0 Å². The Kier molecular flexibility index (Phi) is 9.98. The third-order valence-electron chi connectivity index (χ3n) is 8.26. The van der Waals surface area contributed by atoms with Crippen LogP contribution >= 0.6 is 23.1 Å². The molecule has 2 atom stereocenters. The molecule has 41 heavy (non-hydrogen) atoms. The monoisotopic (exact) mass is 591 g/mol. The molecule has 1 N–H and O–H groups in total. The van der Waals surface area contributed by atoms with E-state index in [1.165, 1.54) is 22.2 Å². The van der Waals surface area contributed by atoms with Gasteiger partial charge in [0.15, 0.2) is 17.1 Å². The van der Waals surface area contributed by atoms with E-state index in [1.807, 2.05) is 23.6 Å². The Bertz CT molecular complexity index is 1410. The van der Waals surface area contributed by atoms with Gasteiger partial charge in [0.25, 0.3) is 0 Å². The topological polar surface area (TPSA) is 92.8 Å². The number of benzene rings is 1. The first-order valence-electron chi connectivity index (χ1n) is 14.4. The van der Waals surface area contributed by atoms with Gasteiger partial charge in [0, 0.05) is 11.4 Å². The van der Waals surface area contributed by atoms with Gasteiger partial charge in [-0.2, -0.15) is 5.26 Å². The summed E-state index contributed by atoms with van der Waals surface area (Å²) < 4.78 is 8.09. The third kappa shape index (κ3) is 7.04. The zero-order valence-electron chi connectivity index (χ0n) is 25.0. The Balaban J connectivity index is 1.42. The number of carbonyl (C=O) groups is 1. The van der Waals surface area contributed by atoms with Crippen molar-refractivity contribution < 1.29 is 9.53 Å². The minimum atomic E-state index is -0.340. The van der Waals surface area contributed by atoms with E-state index in [0.29, 0.717) is 39.9 Å². The van der Waals surface area contributed by atoms with E-state index in [-0.39, 0.29) is 23.2 Å². The number of carbonyl (C=O) groups excluding carboxylic acids is 1. The maximum Gasteiger partial charge on any atom is 0.235 e. The molecule has 0 bridgehead atoms. The quantitative estimate of drug-likeness (QED) is 0.170. The van der Waals surface area contributed by atoms with Crippen LogP contribution in [0.4, 0.5) is 5.00 Å². The number of rotatable bonds is 12. The molecule has 0 fully saturated rings. The minimum Gasteiger partial charge on any atom is -0.483 e. The van der Waals surface area contributed by atoms with E-state index < -0.39 is 0 Å². The Hall–Kier alpha value is -3.09. The SMILES string of the molecule is C=CCn1c(SCC(=O)Nc2sc3c(c2C#N)CCC(C(C)(C)CC)C3)nnc1C(C)Oc1ccc(C(C)C)cc1. The number of thiophene rings is 1. The molecule has 2 heterocycles. The van der Waals surface area contributed by atoms with Crippen LogP contribution in [0, 0.1) is 22.7 Å². The van der Waals surface area contributed by atoms with Crippen molar-refractivity contribution in [3.05, 3.63) is 64.3 Å². The molecule has 218 valence electrons. The summed E-state index contributed by atoms with van der Waals surface area (Å²) >= 11 is 2.88. The molecule has 2 unspecified atom stereocenters. The summed E-state index contributed by atoms with van der Waals surface area (Å²) in [6.07, 6.45) is 5.50. The van der Waals surface area contributed by atoms with E-state index in [9.17, 15) is 10.1 Å². The summed E-state index contributed by atoms with van der Waals surface area (Å²) in [6, 6.07) is 10.5. The lowest BCUT2D eigenvalue weighted by atomic mass is 9.69. The number of amides is 1. The predicted molar refractivity (Wildman–Crippen MR) is 168 cm³/mol. The molecule has 0 aliphatic heterocycles. The van der Waals surface area contributed by atoms with Crippen molar-refractivity contribution in [2.45, 2.75) is 90.9 Å². The van der Waals surface area contributed by atoms with E-state index in [0.717, 1.165) is 37.0 Å². The molecule has 0 saturated carbocycles. The second kappa shape index (κ2) is 13.3. The van der Waals surface area contributed by atoms with Crippen LogP contribution in [0.2, 0.25) is 0 Å². The number of nitrogens with zero attached hydrogens (tertiary/aromatic N) is 4. The number of thioether (sulfide) groups is 1. The van der Waals surface area contributed by atoms with Crippen molar-refractivity contribution in [3.8, 4) is 11.8 Å². The number of anilines is 1. The van der Waals surface area contributed by atoms with E-state index in [4.69, 9.17) is 4.74 Å². The first-order valence-corrected chi connectivity index (χ1v) is 16.2. The zero-order valence-corrected chi connectivity index (χ0v) is 26.6.